The number of rotatable bonds is 3. The molecule has 166 valence electrons. The molecule has 6 heteroatoms. The van der Waals surface area contributed by atoms with E-state index in [1.165, 1.54) is 36.0 Å². The molecule has 1 spiro atoms. The topological polar surface area (TPSA) is 64.3 Å². The zero-order chi connectivity index (χ0) is 21.7. The van der Waals surface area contributed by atoms with Crippen molar-refractivity contribution in [1.29, 1.82) is 0 Å². The highest BCUT2D eigenvalue weighted by Gasteiger charge is 2.43. The highest BCUT2D eigenvalue weighted by molar-refractivity contribution is 6.01. The van der Waals surface area contributed by atoms with Gasteiger partial charge in [-0.15, -0.1) is 0 Å². The van der Waals surface area contributed by atoms with E-state index >= 15 is 0 Å². The Morgan fingerprint density at radius 2 is 1.84 bits per heavy atom. The van der Waals surface area contributed by atoms with Crippen LogP contribution < -0.4 is 5.32 Å². The SMILES string of the molecule is CN1CCN(Cc2cnc3[nH]cc(-c4ccc5c(c4)C4(CCCCC4)NC5=O)c3c2)CC1. The molecule has 0 unspecified atom stereocenters. The number of benzene rings is 1. The lowest BCUT2D eigenvalue weighted by Crippen LogP contribution is -2.43. The molecule has 3 aliphatic rings. The number of likely N-dealkylation sites (N-methyl/N-ethyl adjacent to an activating group) is 1. The fourth-order valence-corrected chi connectivity index (χ4v) is 5.84. The van der Waals surface area contributed by atoms with Crippen molar-refractivity contribution in [3.8, 4) is 11.1 Å². The maximum atomic E-state index is 12.7. The maximum absolute atomic E-state index is 12.7. The smallest absolute Gasteiger partial charge is 0.252 e. The molecule has 2 aliphatic heterocycles. The number of nitrogens with zero attached hydrogens (tertiary/aromatic N) is 3. The molecular formula is C26H31N5O. The Kier molecular flexibility index (Phi) is 4.81. The van der Waals surface area contributed by atoms with E-state index in [1.54, 1.807) is 0 Å². The normalized spacial score (nSPS) is 21.2. The van der Waals surface area contributed by atoms with Gasteiger partial charge in [-0.25, -0.2) is 4.98 Å². The lowest BCUT2D eigenvalue weighted by molar-refractivity contribution is 0.0909. The summed E-state index contributed by atoms with van der Waals surface area (Å²) in [5, 5.41) is 4.49. The lowest BCUT2D eigenvalue weighted by atomic mass is 9.77. The Bertz CT molecular complexity index is 1170. The third-order valence-corrected chi connectivity index (χ3v) is 7.74. The number of carbonyl (C=O) groups excluding carboxylic acids is 1. The molecule has 1 aliphatic carbocycles. The van der Waals surface area contributed by atoms with Crippen LogP contribution in [-0.2, 0) is 12.1 Å². The summed E-state index contributed by atoms with van der Waals surface area (Å²) in [5.41, 5.74) is 6.38. The van der Waals surface area contributed by atoms with Gasteiger partial charge in [-0.3, -0.25) is 9.69 Å². The van der Waals surface area contributed by atoms with Crippen LogP contribution in [0.3, 0.4) is 0 Å². The third kappa shape index (κ3) is 3.33. The summed E-state index contributed by atoms with van der Waals surface area (Å²) in [6.45, 7) is 5.38. The number of H-pyrrole nitrogens is 1. The molecule has 4 heterocycles. The average molecular weight is 430 g/mol. The van der Waals surface area contributed by atoms with Gasteiger partial charge in [0.2, 0.25) is 0 Å². The van der Waals surface area contributed by atoms with Crippen LogP contribution in [0.1, 0.15) is 53.6 Å². The van der Waals surface area contributed by atoms with Crippen LogP contribution in [0.25, 0.3) is 22.2 Å². The first-order chi connectivity index (χ1) is 15.6. The number of pyridine rings is 1. The van der Waals surface area contributed by atoms with Crippen molar-refractivity contribution in [2.45, 2.75) is 44.2 Å². The molecule has 0 radical (unpaired) electrons. The van der Waals surface area contributed by atoms with Crippen molar-refractivity contribution in [3.05, 3.63) is 53.3 Å². The second kappa shape index (κ2) is 7.71. The molecule has 1 saturated carbocycles. The van der Waals surface area contributed by atoms with E-state index in [1.807, 2.05) is 12.3 Å². The van der Waals surface area contributed by atoms with Crippen LogP contribution >= 0.6 is 0 Å². The Labute approximate surface area is 189 Å². The highest BCUT2D eigenvalue weighted by atomic mass is 16.2. The zero-order valence-corrected chi connectivity index (χ0v) is 18.8. The molecule has 1 saturated heterocycles. The summed E-state index contributed by atoms with van der Waals surface area (Å²) in [4.78, 5) is 25.6. The van der Waals surface area contributed by atoms with Gasteiger partial charge in [0.15, 0.2) is 0 Å². The van der Waals surface area contributed by atoms with Crippen LogP contribution in [0, 0.1) is 0 Å². The van der Waals surface area contributed by atoms with E-state index in [4.69, 9.17) is 4.98 Å². The fraction of sp³-hybridized carbons (Fsp3) is 0.462. The number of nitrogens with one attached hydrogen (secondary N) is 2. The number of hydrogen-bond acceptors (Lipinski definition) is 4. The summed E-state index contributed by atoms with van der Waals surface area (Å²) in [7, 11) is 2.19. The van der Waals surface area contributed by atoms with E-state index in [2.05, 4.69) is 51.5 Å². The Morgan fingerprint density at radius 3 is 2.66 bits per heavy atom. The molecule has 6 nitrogen and oxygen atoms in total. The second-order valence-corrected chi connectivity index (χ2v) is 9.88. The summed E-state index contributed by atoms with van der Waals surface area (Å²) >= 11 is 0. The minimum absolute atomic E-state index is 0.0866. The molecule has 3 aromatic rings. The molecule has 32 heavy (non-hydrogen) atoms. The van der Waals surface area contributed by atoms with E-state index in [0.29, 0.717) is 0 Å². The van der Waals surface area contributed by atoms with Gasteiger partial charge in [0, 0.05) is 61.6 Å². The van der Waals surface area contributed by atoms with Gasteiger partial charge in [-0.2, -0.15) is 0 Å². The Morgan fingerprint density at radius 1 is 1.03 bits per heavy atom. The van der Waals surface area contributed by atoms with Crippen molar-refractivity contribution in [1.82, 2.24) is 25.1 Å². The number of piperazine rings is 1. The average Bonchev–Trinajstić information content (AvgIpc) is 3.34. The number of hydrogen-bond donors (Lipinski definition) is 2. The Balaban J connectivity index is 1.35. The minimum Gasteiger partial charge on any atom is -0.346 e. The molecule has 2 aromatic heterocycles. The van der Waals surface area contributed by atoms with E-state index in [-0.39, 0.29) is 11.4 Å². The molecule has 0 atom stereocenters. The van der Waals surface area contributed by atoms with Crippen molar-refractivity contribution >= 4 is 16.9 Å². The van der Waals surface area contributed by atoms with Gasteiger partial charge in [-0.05, 0) is 54.8 Å². The van der Waals surface area contributed by atoms with Crippen LogP contribution in [0.5, 0.6) is 0 Å². The fourth-order valence-electron chi connectivity index (χ4n) is 5.84. The van der Waals surface area contributed by atoms with Gasteiger partial charge in [0.25, 0.3) is 5.91 Å². The quantitative estimate of drug-likeness (QED) is 0.663. The predicted octanol–water partition coefficient (Wildman–Crippen LogP) is 3.88. The van der Waals surface area contributed by atoms with Gasteiger partial charge in [-0.1, -0.05) is 25.3 Å². The first-order valence-electron chi connectivity index (χ1n) is 12.0. The van der Waals surface area contributed by atoms with E-state index in [9.17, 15) is 4.79 Å². The molecule has 1 amide bonds. The lowest BCUT2D eigenvalue weighted by Gasteiger charge is -2.34. The van der Waals surface area contributed by atoms with E-state index in [0.717, 1.165) is 67.7 Å². The molecule has 0 bridgehead atoms. The Hall–Kier alpha value is -2.70. The van der Waals surface area contributed by atoms with Crippen molar-refractivity contribution in [2.24, 2.45) is 0 Å². The van der Waals surface area contributed by atoms with Crippen molar-refractivity contribution in [2.75, 3.05) is 33.2 Å². The maximum Gasteiger partial charge on any atom is 0.252 e. The number of amides is 1. The molecule has 6 rings (SSSR count). The number of aromatic amines is 1. The van der Waals surface area contributed by atoms with Crippen LogP contribution in [0.15, 0.2) is 36.7 Å². The van der Waals surface area contributed by atoms with Crippen molar-refractivity contribution < 1.29 is 4.79 Å². The first kappa shape index (κ1) is 19.9. The summed E-state index contributed by atoms with van der Waals surface area (Å²) in [5.74, 6) is 0.0866. The predicted molar refractivity (Wildman–Crippen MR) is 127 cm³/mol. The van der Waals surface area contributed by atoms with Crippen LogP contribution in [0.4, 0.5) is 0 Å². The number of carbonyl (C=O) groups is 1. The summed E-state index contributed by atoms with van der Waals surface area (Å²) in [6.07, 6.45) is 9.77. The largest absolute Gasteiger partial charge is 0.346 e. The second-order valence-electron chi connectivity index (χ2n) is 9.88. The van der Waals surface area contributed by atoms with Crippen LogP contribution in [-0.4, -0.2) is 58.9 Å². The van der Waals surface area contributed by atoms with Crippen LogP contribution in [0.2, 0.25) is 0 Å². The molecule has 2 N–H and O–H groups in total. The zero-order valence-electron chi connectivity index (χ0n) is 18.8. The van der Waals surface area contributed by atoms with Gasteiger partial charge in [0.05, 0.1) is 5.54 Å². The minimum atomic E-state index is -0.169. The van der Waals surface area contributed by atoms with Crippen molar-refractivity contribution in [3.63, 3.8) is 0 Å². The summed E-state index contributed by atoms with van der Waals surface area (Å²) < 4.78 is 0. The number of fused-ring (bicyclic) bond motifs is 3. The highest BCUT2D eigenvalue weighted by Crippen LogP contribution is 2.44. The molecule has 1 aromatic carbocycles. The number of aromatic nitrogens is 2. The van der Waals surface area contributed by atoms with E-state index < -0.39 is 0 Å². The third-order valence-electron chi connectivity index (χ3n) is 7.74. The monoisotopic (exact) mass is 429 g/mol. The standard InChI is InChI=1S/C26H31N5O/c1-30-9-11-31(12-10-30)17-18-13-21-22(16-28-24(21)27-15-18)19-5-6-20-23(14-19)26(29-25(20)32)7-3-2-4-8-26/h5-6,13-16H,2-4,7-12,17H2,1H3,(H,27,28)(H,29,32). The molecule has 2 fully saturated rings. The summed E-state index contributed by atoms with van der Waals surface area (Å²) in [6, 6.07) is 8.66. The van der Waals surface area contributed by atoms with Gasteiger partial charge >= 0.3 is 0 Å². The molecular weight excluding hydrogens is 398 g/mol. The van der Waals surface area contributed by atoms with Gasteiger partial charge < -0.3 is 15.2 Å². The van der Waals surface area contributed by atoms with Gasteiger partial charge in [0.1, 0.15) is 5.65 Å². The first-order valence-corrected chi connectivity index (χ1v) is 12.0.